The van der Waals surface area contributed by atoms with Gasteiger partial charge >= 0.3 is 0 Å². The van der Waals surface area contributed by atoms with E-state index in [9.17, 15) is 9.50 Å². The van der Waals surface area contributed by atoms with Crippen molar-refractivity contribution in [3.05, 3.63) is 29.6 Å². The van der Waals surface area contributed by atoms with Gasteiger partial charge in [0.15, 0.2) is 0 Å². The molecule has 100 valence electrons. The average molecular weight is 252 g/mol. The van der Waals surface area contributed by atoms with Crippen LogP contribution in [0, 0.1) is 5.82 Å². The zero-order valence-corrected chi connectivity index (χ0v) is 11.1. The molecule has 3 heteroatoms. The Morgan fingerprint density at radius 2 is 2.00 bits per heavy atom. The van der Waals surface area contributed by atoms with Crippen molar-refractivity contribution >= 4 is 0 Å². The lowest BCUT2D eigenvalue weighted by Gasteiger charge is -2.41. The monoisotopic (exact) mass is 252 g/mol. The summed E-state index contributed by atoms with van der Waals surface area (Å²) in [5, 5.41) is 10.2. The first-order valence-electron chi connectivity index (χ1n) is 6.77. The van der Waals surface area contributed by atoms with Gasteiger partial charge in [-0.2, -0.15) is 0 Å². The average Bonchev–Trinajstić information content (AvgIpc) is 2.28. The van der Waals surface area contributed by atoms with Crippen LogP contribution in [0.15, 0.2) is 18.2 Å². The summed E-state index contributed by atoms with van der Waals surface area (Å²) in [5.41, 5.74) is 0.378. The molecule has 1 aliphatic rings. The number of hydrogen-bond acceptors (Lipinski definition) is 2. The van der Waals surface area contributed by atoms with Crippen LogP contribution >= 0.6 is 0 Å². The number of halogens is 1. The SMILES string of the molecule is CCCC1(CCC)C[C@H](O)c2ccc(F)cc2O1. The zero-order valence-electron chi connectivity index (χ0n) is 11.1. The van der Waals surface area contributed by atoms with Crippen LogP contribution in [-0.4, -0.2) is 10.7 Å². The third kappa shape index (κ3) is 2.51. The van der Waals surface area contributed by atoms with Gasteiger partial charge in [0.2, 0.25) is 0 Å². The zero-order chi connectivity index (χ0) is 13.2. The third-order valence-corrected chi connectivity index (χ3v) is 3.64. The van der Waals surface area contributed by atoms with Gasteiger partial charge in [-0.05, 0) is 25.0 Å². The van der Waals surface area contributed by atoms with Crippen LogP contribution in [0.5, 0.6) is 5.75 Å². The van der Waals surface area contributed by atoms with Gasteiger partial charge in [-0.3, -0.25) is 0 Å². The molecule has 1 atom stereocenters. The Morgan fingerprint density at radius 3 is 2.61 bits per heavy atom. The molecule has 0 aliphatic carbocycles. The van der Waals surface area contributed by atoms with Crippen LogP contribution in [0.2, 0.25) is 0 Å². The lowest BCUT2D eigenvalue weighted by atomic mass is 9.82. The molecule has 0 saturated heterocycles. The van der Waals surface area contributed by atoms with Crippen molar-refractivity contribution in [3.63, 3.8) is 0 Å². The number of ether oxygens (including phenoxy) is 1. The predicted octanol–water partition coefficient (Wildman–Crippen LogP) is 3.98. The first-order valence-corrected chi connectivity index (χ1v) is 6.77. The molecule has 2 rings (SSSR count). The smallest absolute Gasteiger partial charge is 0.128 e. The molecule has 0 radical (unpaired) electrons. The first kappa shape index (κ1) is 13.3. The second-order valence-electron chi connectivity index (χ2n) is 5.19. The summed E-state index contributed by atoms with van der Waals surface area (Å²) in [6.07, 6.45) is 3.84. The maximum atomic E-state index is 13.3. The van der Waals surface area contributed by atoms with Crippen LogP contribution in [0.1, 0.15) is 57.6 Å². The highest BCUT2D eigenvalue weighted by molar-refractivity contribution is 5.38. The Kier molecular flexibility index (Phi) is 3.91. The van der Waals surface area contributed by atoms with Crippen molar-refractivity contribution in [1.29, 1.82) is 0 Å². The molecular weight excluding hydrogens is 231 g/mol. The molecule has 0 spiro atoms. The number of aliphatic hydroxyl groups excluding tert-OH is 1. The van der Waals surface area contributed by atoms with Crippen molar-refractivity contribution in [2.75, 3.05) is 0 Å². The molecule has 1 N–H and O–H groups in total. The Labute approximate surface area is 108 Å². The van der Waals surface area contributed by atoms with Crippen LogP contribution < -0.4 is 4.74 Å². The molecule has 0 aromatic heterocycles. The summed E-state index contributed by atoms with van der Waals surface area (Å²) in [7, 11) is 0. The molecule has 0 bridgehead atoms. The Hall–Kier alpha value is -1.09. The number of aliphatic hydroxyl groups is 1. The third-order valence-electron chi connectivity index (χ3n) is 3.64. The number of fused-ring (bicyclic) bond motifs is 1. The standard InChI is InChI=1S/C15H21FO2/c1-3-7-15(8-4-2)10-13(17)12-6-5-11(16)9-14(12)18-15/h5-6,9,13,17H,3-4,7-8,10H2,1-2H3/t13-/m0/s1. The highest BCUT2D eigenvalue weighted by Gasteiger charge is 2.39. The van der Waals surface area contributed by atoms with Crippen LogP contribution in [0.25, 0.3) is 0 Å². The van der Waals surface area contributed by atoms with Crippen LogP contribution in [-0.2, 0) is 0 Å². The Balaban J connectivity index is 2.34. The highest BCUT2D eigenvalue weighted by Crippen LogP contribution is 2.43. The van der Waals surface area contributed by atoms with E-state index >= 15 is 0 Å². The van der Waals surface area contributed by atoms with Gasteiger partial charge in [0.25, 0.3) is 0 Å². The van der Waals surface area contributed by atoms with E-state index in [1.807, 2.05) is 0 Å². The van der Waals surface area contributed by atoms with Crippen molar-refractivity contribution in [3.8, 4) is 5.75 Å². The van der Waals surface area contributed by atoms with Gasteiger partial charge < -0.3 is 9.84 Å². The summed E-state index contributed by atoms with van der Waals surface area (Å²) >= 11 is 0. The van der Waals surface area contributed by atoms with Gasteiger partial charge in [0, 0.05) is 18.1 Å². The summed E-state index contributed by atoms with van der Waals surface area (Å²) < 4.78 is 19.3. The van der Waals surface area contributed by atoms with Gasteiger partial charge in [-0.25, -0.2) is 4.39 Å². The largest absolute Gasteiger partial charge is 0.487 e. The predicted molar refractivity (Wildman–Crippen MR) is 69.2 cm³/mol. The molecule has 18 heavy (non-hydrogen) atoms. The van der Waals surface area contributed by atoms with Gasteiger partial charge in [-0.15, -0.1) is 0 Å². The molecular formula is C15H21FO2. The lowest BCUT2D eigenvalue weighted by Crippen LogP contribution is -2.41. The highest BCUT2D eigenvalue weighted by atomic mass is 19.1. The van der Waals surface area contributed by atoms with E-state index in [0.29, 0.717) is 17.7 Å². The van der Waals surface area contributed by atoms with E-state index in [1.165, 1.54) is 12.1 Å². The van der Waals surface area contributed by atoms with E-state index in [4.69, 9.17) is 4.74 Å². The van der Waals surface area contributed by atoms with Crippen molar-refractivity contribution in [1.82, 2.24) is 0 Å². The lowest BCUT2D eigenvalue weighted by molar-refractivity contribution is -0.0270. The fraction of sp³-hybridized carbons (Fsp3) is 0.600. The molecule has 1 aromatic carbocycles. The number of hydrogen-bond donors (Lipinski definition) is 1. The van der Waals surface area contributed by atoms with Gasteiger partial charge in [-0.1, -0.05) is 26.7 Å². The minimum atomic E-state index is -0.549. The normalized spacial score (nSPS) is 21.2. The van der Waals surface area contributed by atoms with Crippen molar-refractivity contribution in [2.45, 2.75) is 57.7 Å². The van der Waals surface area contributed by atoms with E-state index in [2.05, 4.69) is 13.8 Å². The second-order valence-corrected chi connectivity index (χ2v) is 5.19. The number of benzene rings is 1. The molecule has 0 saturated carbocycles. The topological polar surface area (TPSA) is 29.5 Å². The Morgan fingerprint density at radius 1 is 1.33 bits per heavy atom. The second kappa shape index (κ2) is 5.27. The number of rotatable bonds is 4. The molecule has 1 heterocycles. The fourth-order valence-corrected chi connectivity index (χ4v) is 2.95. The summed E-state index contributed by atoms with van der Waals surface area (Å²) in [4.78, 5) is 0. The molecule has 1 aliphatic heterocycles. The van der Waals surface area contributed by atoms with E-state index in [1.54, 1.807) is 6.07 Å². The van der Waals surface area contributed by atoms with Crippen molar-refractivity contribution < 1.29 is 14.2 Å². The van der Waals surface area contributed by atoms with Crippen LogP contribution in [0.4, 0.5) is 4.39 Å². The van der Waals surface area contributed by atoms with Crippen molar-refractivity contribution in [2.24, 2.45) is 0 Å². The quantitative estimate of drug-likeness (QED) is 0.878. The maximum absolute atomic E-state index is 13.3. The summed E-state index contributed by atoms with van der Waals surface area (Å²) in [6.45, 7) is 4.21. The molecule has 0 fully saturated rings. The molecule has 2 nitrogen and oxygen atoms in total. The molecule has 0 unspecified atom stereocenters. The molecule has 1 aromatic rings. The Bertz CT molecular complexity index is 411. The minimum Gasteiger partial charge on any atom is -0.487 e. The first-order chi connectivity index (χ1) is 8.60. The van der Waals surface area contributed by atoms with E-state index < -0.39 is 6.10 Å². The van der Waals surface area contributed by atoms with Crippen LogP contribution in [0.3, 0.4) is 0 Å². The minimum absolute atomic E-state index is 0.315. The summed E-state index contributed by atoms with van der Waals surface area (Å²) in [6, 6.07) is 4.38. The van der Waals surface area contributed by atoms with E-state index in [-0.39, 0.29) is 11.4 Å². The van der Waals surface area contributed by atoms with E-state index in [0.717, 1.165) is 25.7 Å². The molecule has 0 amide bonds. The maximum Gasteiger partial charge on any atom is 0.128 e. The van der Waals surface area contributed by atoms with Gasteiger partial charge in [0.1, 0.15) is 17.2 Å². The fourth-order valence-electron chi connectivity index (χ4n) is 2.95. The van der Waals surface area contributed by atoms with Gasteiger partial charge in [0.05, 0.1) is 6.10 Å². The summed E-state index contributed by atoms with van der Waals surface area (Å²) in [5.74, 6) is 0.195.